The van der Waals surface area contributed by atoms with Crippen LogP contribution in [-0.2, 0) is 4.79 Å². The number of nitrogens with zero attached hydrogens (tertiary/aromatic N) is 3. The molecule has 5 nitrogen and oxygen atoms in total. The molecule has 1 aliphatic heterocycles. The van der Waals surface area contributed by atoms with E-state index < -0.39 is 11.9 Å². The number of rotatable bonds is 2. The van der Waals surface area contributed by atoms with E-state index in [-0.39, 0.29) is 5.92 Å². The van der Waals surface area contributed by atoms with E-state index >= 15 is 0 Å². The van der Waals surface area contributed by atoms with Crippen LogP contribution >= 0.6 is 0 Å². The molecular weight excluding hydrogens is 266 g/mol. The number of carbonyl (C=O) groups is 1. The molecule has 21 heavy (non-hydrogen) atoms. The van der Waals surface area contributed by atoms with E-state index in [1.807, 2.05) is 42.2 Å². The average molecular weight is 281 g/mol. The SMILES string of the molecule is CC1CN(c2nc3ccccc3cc2C#N)CC1C(=O)O. The van der Waals surface area contributed by atoms with Gasteiger partial charge in [-0.05, 0) is 18.1 Å². The average Bonchev–Trinajstić information content (AvgIpc) is 2.88. The summed E-state index contributed by atoms with van der Waals surface area (Å²) < 4.78 is 0. The minimum absolute atomic E-state index is 0.0438. The Morgan fingerprint density at radius 1 is 1.43 bits per heavy atom. The Hall–Kier alpha value is -2.61. The highest BCUT2D eigenvalue weighted by molar-refractivity contribution is 5.83. The molecule has 3 rings (SSSR count). The first-order chi connectivity index (χ1) is 10.1. The number of carboxylic acids is 1. The molecule has 0 bridgehead atoms. The van der Waals surface area contributed by atoms with Gasteiger partial charge in [0.05, 0.1) is 17.0 Å². The molecule has 1 aromatic heterocycles. The molecule has 0 aliphatic carbocycles. The first kappa shape index (κ1) is 13.4. The Bertz CT molecular complexity index is 751. The first-order valence-corrected chi connectivity index (χ1v) is 6.88. The quantitative estimate of drug-likeness (QED) is 0.913. The highest BCUT2D eigenvalue weighted by Crippen LogP contribution is 2.30. The lowest BCUT2D eigenvalue weighted by molar-refractivity contribution is -0.142. The number of pyridine rings is 1. The third kappa shape index (κ3) is 2.29. The number of benzene rings is 1. The number of hydrogen-bond donors (Lipinski definition) is 1. The van der Waals surface area contributed by atoms with Crippen molar-refractivity contribution in [3.63, 3.8) is 0 Å². The number of nitriles is 1. The number of aliphatic carboxylic acids is 1. The number of anilines is 1. The lowest BCUT2D eigenvalue weighted by Gasteiger charge is -2.18. The summed E-state index contributed by atoms with van der Waals surface area (Å²) in [5.74, 6) is -0.566. The molecule has 0 spiro atoms. The second-order valence-electron chi connectivity index (χ2n) is 5.49. The van der Waals surface area contributed by atoms with Crippen molar-refractivity contribution in [2.75, 3.05) is 18.0 Å². The van der Waals surface area contributed by atoms with Crippen LogP contribution < -0.4 is 4.90 Å². The smallest absolute Gasteiger partial charge is 0.308 e. The van der Waals surface area contributed by atoms with E-state index in [2.05, 4.69) is 11.1 Å². The molecule has 2 heterocycles. The largest absolute Gasteiger partial charge is 0.481 e. The van der Waals surface area contributed by atoms with Gasteiger partial charge in [-0.1, -0.05) is 25.1 Å². The Labute approximate surface area is 122 Å². The standard InChI is InChI=1S/C16H15N3O2/c1-10-8-19(9-13(10)16(20)21)15-12(7-17)6-11-4-2-3-5-14(11)18-15/h2-6,10,13H,8-9H2,1H3,(H,20,21). The van der Waals surface area contributed by atoms with Gasteiger partial charge in [-0.2, -0.15) is 5.26 Å². The third-order valence-corrected chi connectivity index (χ3v) is 4.05. The third-order valence-electron chi connectivity index (χ3n) is 4.05. The maximum Gasteiger partial charge on any atom is 0.308 e. The molecule has 2 atom stereocenters. The molecule has 0 amide bonds. The highest BCUT2D eigenvalue weighted by Gasteiger charge is 2.36. The zero-order valence-electron chi connectivity index (χ0n) is 11.7. The Morgan fingerprint density at radius 3 is 2.86 bits per heavy atom. The molecule has 106 valence electrons. The number of carboxylic acid groups (broad SMARTS) is 1. The zero-order valence-corrected chi connectivity index (χ0v) is 11.7. The molecular formula is C16H15N3O2. The summed E-state index contributed by atoms with van der Waals surface area (Å²) >= 11 is 0. The van der Waals surface area contributed by atoms with Crippen molar-refractivity contribution in [3.8, 4) is 6.07 Å². The molecule has 2 aromatic rings. The van der Waals surface area contributed by atoms with Crippen molar-refractivity contribution in [2.24, 2.45) is 11.8 Å². The van der Waals surface area contributed by atoms with E-state index in [9.17, 15) is 15.2 Å². The van der Waals surface area contributed by atoms with E-state index in [0.717, 1.165) is 10.9 Å². The van der Waals surface area contributed by atoms with Gasteiger partial charge in [0.25, 0.3) is 0 Å². The van der Waals surface area contributed by atoms with Gasteiger partial charge in [-0.15, -0.1) is 0 Å². The first-order valence-electron chi connectivity index (χ1n) is 6.88. The predicted octanol–water partition coefficient (Wildman–Crippen LogP) is 2.26. The number of aromatic nitrogens is 1. The van der Waals surface area contributed by atoms with E-state index in [4.69, 9.17) is 0 Å². The van der Waals surface area contributed by atoms with E-state index in [1.54, 1.807) is 0 Å². The van der Waals surface area contributed by atoms with Crippen LogP contribution in [0.25, 0.3) is 10.9 Å². The van der Waals surface area contributed by atoms with Gasteiger partial charge >= 0.3 is 5.97 Å². The summed E-state index contributed by atoms with van der Waals surface area (Å²) in [4.78, 5) is 17.7. The molecule has 1 aromatic carbocycles. The second-order valence-corrected chi connectivity index (χ2v) is 5.49. The summed E-state index contributed by atoms with van der Waals surface area (Å²) in [5, 5.41) is 19.5. The second kappa shape index (κ2) is 5.06. The van der Waals surface area contributed by atoms with Crippen LogP contribution in [-0.4, -0.2) is 29.1 Å². The van der Waals surface area contributed by atoms with Crippen molar-refractivity contribution in [3.05, 3.63) is 35.9 Å². The predicted molar refractivity (Wildman–Crippen MR) is 79.0 cm³/mol. The zero-order chi connectivity index (χ0) is 15.0. The van der Waals surface area contributed by atoms with E-state index in [1.165, 1.54) is 0 Å². The molecule has 1 N–H and O–H groups in total. The summed E-state index contributed by atoms with van der Waals surface area (Å²) in [7, 11) is 0. The van der Waals surface area contributed by atoms with Gasteiger partial charge in [0.15, 0.2) is 0 Å². The maximum atomic E-state index is 11.2. The fraction of sp³-hybridized carbons (Fsp3) is 0.312. The van der Waals surface area contributed by atoms with Crippen LogP contribution in [0.1, 0.15) is 12.5 Å². The van der Waals surface area contributed by atoms with Crippen LogP contribution in [0.3, 0.4) is 0 Å². The van der Waals surface area contributed by atoms with Crippen molar-refractivity contribution in [1.29, 1.82) is 5.26 Å². The topological polar surface area (TPSA) is 77.2 Å². The lowest BCUT2D eigenvalue weighted by atomic mass is 9.99. The van der Waals surface area contributed by atoms with Crippen LogP contribution in [0.5, 0.6) is 0 Å². The number of para-hydroxylation sites is 1. The number of fused-ring (bicyclic) bond motifs is 1. The van der Waals surface area contributed by atoms with Crippen molar-refractivity contribution >= 4 is 22.7 Å². The molecule has 1 saturated heterocycles. The van der Waals surface area contributed by atoms with Gasteiger partial charge < -0.3 is 10.0 Å². The van der Waals surface area contributed by atoms with Crippen molar-refractivity contribution in [1.82, 2.24) is 4.98 Å². The minimum atomic E-state index is -0.788. The molecule has 0 saturated carbocycles. The van der Waals surface area contributed by atoms with Crippen LogP contribution in [0.4, 0.5) is 5.82 Å². The summed E-state index contributed by atoms with van der Waals surface area (Å²) in [6, 6.07) is 11.6. The Morgan fingerprint density at radius 2 is 2.19 bits per heavy atom. The summed E-state index contributed by atoms with van der Waals surface area (Å²) in [6.45, 7) is 2.93. The Balaban J connectivity index is 2.04. The van der Waals surface area contributed by atoms with Gasteiger partial charge in [0, 0.05) is 18.5 Å². The Kier molecular flexibility index (Phi) is 3.22. The van der Waals surface area contributed by atoms with Crippen molar-refractivity contribution < 1.29 is 9.90 Å². The van der Waals surface area contributed by atoms with Crippen LogP contribution in [0, 0.1) is 23.2 Å². The molecule has 1 aliphatic rings. The number of hydrogen-bond acceptors (Lipinski definition) is 4. The minimum Gasteiger partial charge on any atom is -0.481 e. The summed E-state index contributed by atoms with van der Waals surface area (Å²) in [6.07, 6.45) is 0. The maximum absolute atomic E-state index is 11.2. The van der Waals surface area contributed by atoms with Crippen molar-refractivity contribution in [2.45, 2.75) is 6.92 Å². The van der Waals surface area contributed by atoms with Crippen LogP contribution in [0.15, 0.2) is 30.3 Å². The molecule has 0 radical (unpaired) electrons. The lowest BCUT2D eigenvalue weighted by Crippen LogP contribution is -2.24. The normalized spacial score (nSPS) is 21.4. The summed E-state index contributed by atoms with van der Waals surface area (Å²) in [5.41, 5.74) is 1.31. The van der Waals surface area contributed by atoms with Gasteiger partial charge in [0.2, 0.25) is 0 Å². The van der Waals surface area contributed by atoms with Gasteiger partial charge in [-0.3, -0.25) is 4.79 Å². The molecule has 5 heteroatoms. The monoisotopic (exact) mass is 281 g/mol. The fourth-order valence-corrected chi connectivity index (χ4v) is 2.89. The molecule has 1 fully saturated rings. The van der Waals surface area contributed by atoms with E-state index in [0.29, 0.717) is 24.5 Å². The highest BCUT2D eigenvalue weighted by atomic mass is 16.4. The van der Waals surface area contributed by atoms with Gasteiger partial charge in [-0.25, -0.2) is 4.98 Å². The fourth-order valence-electron chi connectivity index (χ4n) is 2.89. The molecule has 2 unspecified atom stereocenters. The van der Waals surface area contributed by atoms with Crippen LogP contribution in [0.2, 0.25) is 0 Å². The van der Waals surface area contributed by atoms with Gasteiger partial charge in [0.1, 0.15) is 11.9 Å².